The van der Waals surface area contributed by atoms with Crippen molar-refractivity contribution in [1.29, 1.82) is 0 Å². The highest BCUT2D eigenvalue weighted by atomic mass is 32.2. The first-order valence-electron chi connectivity index (χ1n) is 14.2. The summed E-state index contributed by atoms with van der Waals surface area (Å²) < 4.78 is 84.9. The maximum absolute atomic E-state index is 15.3. The summed E-state index contributed by atoms with van der Waals surface area (Å²) in [5.41, 5.74) is 4.69. The predicted octanol–water partition coefficient (Wildman–Crippen LogP) is 3.00. The number of nitrogens with two attached hydrogens (primary N) is 1. The number of hydrogen-bond acceptors (Lipinski definition) is 10. The Kier molecular flexibility index (Phi) is 8.57. The minimum Gasteiger partial charge on any atom is -0.497 e. The quantitative estimate of drug-likeness (QED) is 0.340. The van der Waals surface area contributed by atoms with Gasteiger partial charge < -0.3 is 30.0 Å². The lowest BCUT2D eigenvalue weighted by Gasteiger charge is -2.42. The Balaban J connectivity index is 1.87. The van der Waals surface area contributed by atoms with E-state index in [1.165, 1.54) is 56.3 Å². The van der Waals surface area contributed by atoms with Gasteiger partial charge >= 0.3 is 6.36 Å². The van der Waals surface area contributed by atoms with E-state index < -0.39 is 56.5 Å². The molecular formula is C31H33F3N4O8S. The number of anilines is 2. The summed E-state index contributed by atoms with van der Waals surface area (Å²) in [5, 5.41) is 10.9. The number of hydrogen-bond donors (Lipinski definition) is 2. The number of aliphatic hydroxyl groups excluding tert-OH is 1. The highest BCUT2D eigenvalue weighted by Crippen LogP contribution is 2.55. The van der Waals surface area contributed by atoms with Crippen molar-refractivity contribution in [3.63, 3.8) is 0 Å². The minimum atomic E-state index is -5.30. The molecular weight excluding hydrogens is 645 g/mol. The molecule has 3 aromatic rings. The molecule has 16 heteroatoms. The first-order chi connectivity index (χ1) is 22.0. The van der Waals surface area contributed by atoms with Gasteiger partial charge in [0.15, 0.2) is 11.3 Å². The molecule has 0 bridgehead atoms. The van der Waals surface area contributed by atoms with Gasteiger partial charge in [-0.15, -0.1) is 13.2 Å². The van der Waals surface area contributed by atoms with E-state index in [-0.39, 0.29) is 47.0 Å². The number of alkyl halides is 3. The zero-order valence-electron chi connectivity index (χ0n) is 26.0. The lowest BCUT2D eigenvalue weighted by molar-refractivity contribution is -0.275. The van der Waals surface area contributed by atoms with Crippen LogP contribution in [-0.2, 0) is 25.2 Å². The lowest BCUT2D eigenvalue weighted by atomic mass is 9.80. The molecule has 2 amide bonds. The minimum absolute atomic E-state index is 0.00688. The summed E-state index contributed by atoms with van der Waals surface area (Å²) in [6.45, 7) is 1.46. The van der Waals surface area contributed by atoms with Crippen molar-refractivity contribution < 1.29 is 50.5 Å². The van der Waals surface area contributed by atoms with Gasteiger partial charge in [0.2, 0.25) is 5.91 Å². The van der Waals surface area contributed by atoms with Crippen molar-refractivity contribution in [2.45, 2.75) is 42.3 Å². The molecule has 5 rings (SSSR count). The van der Waals surface area contributed by atoms with Crippen LogP contribution >= 0.6 is 0 Å². The maximum Gasteiger partial charge on any atom is 0.573 e. The van der Waals surface area contributed by atoms with Crippen LogP contribution in [0.4, 0.5) is 24.5 Å². The largest absolute Gasteiger partial charge is 0.573 e. The zero-order valence-corrected chi connectivity index (χ0v) is 26.8. The number of likely N-dealkylation sites (tertiary alicyclic amines) is 1. The van der Waals surface area contributed by atoms with Crippen LogP contribution in [0, 0.1) is 6.92 Å². The second kappa shape index (κ2) is 11.9. The summed E-state index contributed by atoms with van der Waals surface area (Å²) in [5.74, 6) is -2.78. The van der Waals surface area contributed by atoms with Crippen molar-refractivity contribution >= 4 is 33.2 Å². The number of amides is 2. The van der Waals surface area contributed by atoms with Crippen LogP contribution in [0.15, 0.2) is 59.5 Å². The molecule has 252 valence electrons. The van der Waals surface area contributed by atoms with Gasteiger partial charge in [-0.25, -0.2) is 12.7 Å². The number of carbonyl (C=O) groups is 2. The molecule has 12 nitrogen and oxygen atoms in total. The molecule has 3 N–H and O–H groups in total. The number of aryl methyl sites for hydroxylation is 1. The number of nitrogens with zero attached hydrogens (tertiary/aromatic N) is 3. The molecule has 1 unspecified atom stereocenters. The van der Waals surface area contributed by atoms with Gasteiger partial charge in [-0.05, 0) is 55.8 Å². The topological polar surface area (TPSA) is 152 Å². The van der Waals surface area contributed by atoms with Crippen molar-refractivity contribution in [3.8, 4) is 17.2 Å². The van der Waals surface area contributed by atoms with Gasteiger partial charge in [-0.3, -0.25) is 14.5 Å². The van der Waals surface area contributed by atoms with Crippen LogP contribution < -0.4 is 24.2 Å². The van der Waals surface area contributed by atoms with Gasteiger partial charge in [0.25, 0.3) is 15.9 Å². The van der Waals surface area contributed by atoms with E-state index in [1.54, 1.807) is 25.1 Å². The van der Waals surface area contributed by atoms with Crippen LogP contribution in [0.5, 0.6) is 17.2 Å². The van der Waals surface area contributed by atoms with Crippen molar-refractivity contribution in [2.24, 2.45) is 0 Å². The molecule has 1 fully saturated rings. The molecule has 0 radical (unpaired) electrons. The first kappa shape index (κ1) is 33.8. The standard InChI is InChI=1S/C31H33F3N4O8S/c1-17-6-10-25(45-5)22(12-17)30(37-16-19(39)14-24(37)28(40)36(2)3)21-13-18(35)7-9-23(21)38(29(30)41)47(42,43)27-11-8-20(44-4)15-26(27)46-31(32,33)34/h6-13,15,19,24,39H,14,16,35H2,1-5H3/t19-,24+,30?/m1/s1. The molecule has 2 aliphatic rings. The van der Waals surface area contributed by atoms with Crippen LogP contribution in [0.1, 0.15) is 23.1 Å². The van der Waals surface area contributed by atoms with Gasteiger partial charge in [0, 0.05) is 43.5 Å². The second-order valence-corrected chi connectivity index (χ2v) is 13.2. The number of rotatable bonds is 8. The Morgan fingerprint density at radius 2 is 1.72 bits per heavy atom. The average Bonchev–Trinajstić information content (AvgIpc) is 3.50. The SMILES string of the molecule is COc1ccc(S(=O)(=O)N2C(=O)C(c3cc(C)ccc3OC)(N3C[C@H](O)C[C@H]3C(=O)N(C)C)c3cc(N)ccc32)c(OC(F)(F)F)c1. The fourth-order valence-corrected chi connectivity index (χ4v) is 7.84. The Morgan fingerprint density at radius 1 is 1.02 bits per heavy atom. The highest BCUT2D eigenvalue weighted by Gasteiger charge is 2.64. The Hall–Kier alpha value is -4.54. The fraction of sp³-hybridized carbons (Fsp3) is 0.355. The fourth-order valence-electron chi connectivity index (χ4n) is 6.28. The number of benzene rings is 3. The summed E-state index contributed by atoms with van der Waals surface area (Å²) in [7, 11) is 0.296. The van der Waals surface area contributed by atoms with Gasteiger partial charge in [0.05, 0.1) is 32.1 Å². The third kappa shape index (κ3) is 5.59. The molecule has 2 heterocycles. The van der Waals surface area contributed by atoms with Crippen molar-refractivity contribution in [2.75, 3.05) is 44.9 Å². The summed E-state index contributed by atoms with van der Waals surface area (Å²) in [6, 6.07) is 10.4. The Labute approximate surface area is 269 Å². The van der Waals surface area contributed by atoms with Crippen LogP contribution in [-0.4, -0.2) is 88.5 Å². The van der Waals surface area contributed by atoms with Crippen LogP contribution in [0.2, 0.25) is 0 Å². The number of fused-ring (bicyclic) bond motifs is 1. The van der Waals surface area contributed by atoms with Crippen molar-refractivity contribution in [1.82, 2.24) is 9.80 Å². The van der Waals surface area contributed by atoms with Gasteiger partial charge in [-0.2, -0.15) is 0 Å². The average molecular weight is 679 g/mol. The summed E-state index contributed by atoms with van der Waals surface area (Å²) in [6.07, 6.45) is -6.53. The number of methoxy groups -OCH3 is 2. The highest BCUT2D eigenvalue weighted by molar-refractivity contribution is 7.93. The van der Waals surface area contributed by atoms with E-state index in [4.69, 9.17) is 15.2 Å². The number of ether oxygens (including phenoxy) is 3. The number of aliphatic hydroxyl groups is 1. The second-order valence-electron chi connectivity index (χ2n) is 11.4. The van der Waals surface area contributed by atoms with E-state index in [1.807, 2.05) is 0 Å². The molecule has 0 saturated carbocycles. The summed E-state index contributed by atoms with van der Waals surface area (Å²) >= 11 is 0. The third-order valence-electron chi connectivity index (χ3n) is 8.20. The van der Waals surface area contributed by atoms with Crippen LogP contribution in [0.3, 0.4) is 0 Å². The number of β-amino-alcohol motifs (C(OH)–C–C–N with tert-alkyl or cyclic N) is 1. The summed E-state index contributed by atoms with van der Waals surface area (Å²) in [4.78, 5) is 30.6. The van der Waals surface area contributed by atoms with Crippen molar-refractivity contribution in [3.05, 3.63) is 71.3 Å². The third-order valence-corrected chi connectivity index (χ3v) is 9.93. The predicted molar refractivity (Wildman–Crippen MR) is 164 cm³/mol. The normalized spacial score (nSPS) is 21.5. The molecule has 3 aromatic carbocycles. The monoisotopic (exact) mass is 678 g/mol. The molecule has 3 atom stereocenters. The van der Waals surface area contributed by atoms with E-state index in [0.29, 0.717) is 9.87 Å². The number of sulfonamides is 1. The van der Waals surface area contributed by atoms with E-state index in [0.717, 1.165) is 18.2 Å². The number of nitrogen functional groups attached to an aromatic ring is 1. The molecule has 0 aliphatic carbocycles. The first-order valence-corrected chi connectivity index (χ1v) is 15.7. The lowest BCUT2D eigenvalue weighted by Crippen LogP contribution is -2.59. The van der Waals surface area contributed by atoms with E-state index >= 15 is 4.79 Å². The van der Waals surface area contributed by atoms with Gasteiger partial charge in [0.1, 0.15) is 16.4 Å². The Bertz CT molecular complexity index is 1850. The molecule has 47 heavy (non-hydrogen) atoms. The number of halogens is 3. The number of likely N-dealkylation sites (N-methyl/N-ethyl adjacent to an activating group) is 1. The molecule has 0 spiro atoms. The molecule has 0 aromatic heterocycles. The Morgan fingerprint density at radius 3 is 2.34 bits per heavy atom. The van der Waals surface area contributed by atoms with Crippen LogP contribution in [0.25, 0.3) is 0 Å². The molecule has 1 saturated heterocycles. The van der Waals surface area contributed by atoms with E-state index in [9.17, 15) is 31.5 Å². The van der Waals surface area contributed by atoms with Gasteiger partial charge in [-0.1, -0.05) is 11.6 Å². The zero-order chi connectivity index (χ0) is 34.6. The molecule has 2 aliphatic heterocycles. The smallest absolute Gasteiger partial charge is 0.497 e. The maximum atomic E-state index is 15.3. The number of carbonyl (C=O) groups excluding carboxylic acids is 2. The van der Waals surface area contributed by atoms with E-state index in [2.05, 4.69) is 4.74 Å².